The van der Waals surface area contributed by atoms with Crippen molar-refractivity contribution in [1.82, 2.24) is 19.2 Å². The summed E-state index contributed by atoms with van der Waals surface area (Å²) >= 11 is 3.21. The molecular formula is C20H19N5O3S2. The first-order valence-electron chi connectivity index (χ1n) is 9.86. The molecule has 0 N–H and O–H groups in total. The number of hydrogen-bond acceptors (Lipinski definition) is 7. The number of fused-ring (bicyclic) bond motifs is 5. The van der Waals surface area contributed by atoms with Gasteiger partial charge in [-0.1, -0.05) is 23.9 Å². The maximum Gasteiger partial charge on any atom is 0.269 e. The van der Waals surface area contributed by atoms with Crippen LogP contribution < -0.4 is 5.56 Å². The molecule has 0 aliphatic heterocycles. The summed E-state index contributed by atoms with van der Waals surface area (Å²) in [6.45, 7) is 2.48. The summed E-state index contributed by atoms with van der Waals surface area (Å²) in [4.78, 5) is 25.9. The van der Waals surface area contributed by atoms with Crippen LogP contribution >= 0.6 is 23.1 Å². The molecular weight excluding hydrogens is 422 g/mol. The van der Waals surface area contributed by atoms with Gasteiger partial charge in [0.15, 0.2) is 5.16 Å². The van der Waals surface area contributed by atoms with Crippen molar-refractivity contribution in [3.63, 3.8) is 0 Å². The first-order valence-corrected chi connectivity index (χ1v) is 11.7. The zero-order valence-corrected chi connectivity index (χ0v) is 18.0. The summed E-state index contributed by atoms with van der Waals surface area (Å²) in [6, 6.07) is 6.54. The molecule has 4 aromatic rings. The van der Waals surface area contributed by atoms with Crippen molar-refractivity contribution >= 4 is 44.8 Å². The van der Waals surface area contributed by atoms with E-state index in [0.29, 0.717) is 18.1 Å². The molecule has 3 heterocycles. The fraction of sp³-hybridized carbons (Fsp3) is 0.350. The van der Waals surface area contributed by atoms with E-state index in [-0.39, 0.29) is 11.2 Å². The minimum absolute atomic E-state index is 0.0266. The van der Waals surface area contributed by atoms with Crippen LogP contribution in [0.15, 0.2) is 34.2 Å². The molecule has 5 rings (SSSR count). The van der Waals surface area contributed by atoms with E-state index in [4.69, 9.17) is 0 Å². The lowest BCUT2D eigenvalue weighted by Gasteiger charge is -2.11. The lowest BCUT2D eigenvalue weighted by molar-refractivity contribution is -0.384. The highest BCUT2D eigenvalue weighted by atomic mass is 32.2. The summed E-state index contributed by atoms with van der Waals surface area (Å²) in [5, 5.41) is 21.1. The van der Waals surface area contributed by atoms with Crippen LogP contribution in [0.1, 0.15) is 35.8 Å². The number of aryl methyl sites for hydroxylation is 3. The van der Waals surface area contributed by atoms with Gasteiger partial charge in [-0.05, 0) is 43.7 Å². The minimum atomic E-state index is -0.401. The largest absolute Gasteiger partial charge is 0.277 e. The molecule has 30 heavy (non-hydrogen) atoms. The Balaban J connectivity index is 1.60. The fourth-order valence-electron chi connectivity index (χ4n) is 4.01. The topological polar surface area (TPSA) is 95.3 Å². The zero-order valence-electron chi connectivity index (χ0n) is 16.3. The SMILES string of the molecule is CCn1c(=O)c2c3c(sc2n2c(SCc4ccc([N+](=O)[O-])cc4)nnc12)CCCC3. The first kappa shape index (κ1) is 19.3. The molecule has 0 unspecified atom stereocenters. The Morgan fingerprint density at radius 1 is 1.20 bits per heavy atom. The van der Waals surface area contributed by atoms with Gasteiger partial charge in [0.25, 0.3) is 11.2 Å². The number of thioether (sulfide) groups is 1. The molecule has 0 spiro atoms. The Bertz CT molecular complexity index is 1340. The molecule has 154 valence electrons. The molecule has 1 aliphatic carbocycles. The molecule has 1 aromatic carbocycles. The molecule has 10 heteroatoms. The van der Waals surface area contributed by atoms with Gasteiger partial charge in [0.2, 0.25) is 5.78 Å². The highest BCUT2D eigenvalue weighted by Gasteiger charge is 2.24. The third-order valence-electron chi connectivity index (χ3n) is 5.50. The van der Waals surface area contributed by atoms with Gasteiger partial charge in [0, 0.05) is 29.3 Å². The van der Waals surface area contributed by atoms with Crippen LogP contribution in [-0.4, -0.2) is 24.1 Å². The number of aromatic nitrogens is 4. The van der Waals surface area contributed by atoms with Crippen LogP contribution in [0.4, 0.5) is 5.69 Å². The van der Waals surface area contributed by atoms with Crippen LogP contribution in [0, 0.1) is 10.1 Å². The number of thiophene rings is 1. The average Bonchev–Trinajstić information content (AvgIpc) is 3.34. The summed E-state index contributed by atoms with van der Waals surface area (Å²) in [5.41, 5.74) is 2.27. The van der Waals surface area contributed by atoms with E-state index >= 15 is 0 Å². The molecule has 3 aromatic heterocycles. The van der Waals surface area contributed by atoms with Gasteiger partial charge in [0.1, 0.15) is 4.83 Å². The monoisotopic (exact) mass is 441 g/mol. The molecule has 0 atom stereocenters. The molecule has 0 saturated heterocycles. The van der Waals surface area contributed by atoms with Gasteiger partial charge in [-0.25, -0.2) is 4.40 Å². The van der Waals surface area contributed by atoms with Crippen molar-refractivity contribution in [1.29, 1.82) is 0 Å². The summed E-state index contributed by atoms with van der Waals surface area (Å²) in [7, 11) is 0. The lowest BCUT2D eigenvalue weighted by atomic mass is 9.97. The van der Waals surface area contributed by atoms with Gasteiger partial charge < -0.3 is 0 Å². The summed E-state index contributed by atoms with van der Waals surface area (Å²) in [6.07, 6.45) is 4.25. The molecule has 0 amide bonds. The van der Waals surface area contributed by atoms with Gasteiger partial charge in [-0.2, -0.15) is 0 Å². The highest BCUT2D eigenvalue weighted by molar-refractivity contribution is 7.98. The maximum atomic E-state index is 13.2. The third-order valence-corrected chi connectivity index (χ3v) is 7.78. The minimum Gasteiger partial charge on any atom is -0.277 e. The van der Waals surface area contributed by atoms with E-state index in [1.54, 1.807) is 28.0 Å². The first-order chi connectivity index (χ1) is 14.6. The van der Waals surface area contributed by atoms with Crippen LogP contribution in [0.2, 0.25) is 0 Å². The van der Waals surface area contributed by atoms with E-state index in [2.05, 4.69) is 10.2 Å². The second-order valence-electron chi connectivity index (χ2n) is 7.27. The normalized spacial score (nSPS) is 13.8. The van der Waals surface area contributed by atoms with Crippen LogP contribution in [-0.2, 0) is 25.1 Å². The van der Waals surface area contributed by atoms with Crippen LogP contribution in [0.25, 0.3) is 16.0 Å². The van der Waals surface area contributed by atoms with Crippen LogP contribution in [0.5, 0.6) is 0 Å². The second-order valence-corrected chi connectivity index (χ2v) is 9.30. The number of hydrogen-bond donors (Lipinski definition) is 0. The van der Waals surface area contributed by atoms with E-state index < -0.39 is 4.92 Å². The Morgan fingerprint density at radius 3 is 2.70 bits per heavy atom. The van der Waals surface area contributed by atoms with E-state index in [9.17, 15) is 14.9 Å². The lowest BCUT2D eigenvalue weighted by Crippen LogP contribution is -2.22. The second kappa shape index (κ2) is 7.51. The number of nitro groups is 1. The molecule has 0 saturated carbocycles. The number of non-ortho nitro benzene ring substituents is 1. The van der Waals surface area contributed by atoms with Gasteiger partial charge >= 0.3 is 0 Å². The van der Waals surface area contributed by atoms with Gasteiger partial charge in [-0.3, -0.25) is 19.5 Å². The Hall–Kier alpha value is -2.72. The smallest absolute Gasteiger partial charge is 0.269 e. The third kappa shape index (κ3) is 3.02. The predicted molar refractivity (Wildman–Crippen MR) is 118 cm³/mol. The molecule has 0 bridgehead atoms. The maximum absolute atomic E-state index is 13.2. The standard InChI is InChI=1S/C20H19N5O3S2/c1-2-23-17(26)16-14-5-3-4-6-15(14)30-18(16)24-19(23)21-22-20(24)29-11-12-7-9-13(10-8-12)25(27)28/h7-10H,2-6,11H2,1H3. The summed E-state index contributed by atoms with van der Waals surface area (Å²) in [5.74, 6) is 1.18. The molecule has 8 nitrogen and oxygen atoms in total. The number of benzene rings is 1. The molecule has 0 fully saturated rings. The van der Waals surface area contributed by atoms with Crippen molar-refractivity contribution in [3.05, 3.63) is 60.7 Å². The highest BCUT2D eigenvalue weighted by Crippen LogP contribution is 2.36. The quantitative estimate of drug-likeness (QED) is 0.262. The van der Waals surface area contributed by atoms with E-state index in [1.807, 2.05) is 11.3 Å². The Morgan fingerprint density at radius 2 is 1.97 bits per heavy atom. The van der Waals surface area contributed by atoms with Crippen LogP contribution in [0.3, 0.4) is 0 Å². The Labute approximate surface area is 179 Å². The van der Waals surface area contributed by atoms with Gasteiger partial charge in [0.05, 0.1) is 10.3 Å². The van der Waals surface area contributed by atoms with Crippen molar-refractivity contribution < 1.29 is 4.92 Å². The van der Waals surface area contributed by atoms with Crippen molar-refractivity contribution in [3.8, 4) is 0 Å². The predicted octanol–water partition coefficient (Wildman–Crippen LogP) is 4.20. The number of nitro benzene ring substituents is 1. The average molecular weight is 442 g/mol. The fourth-order valence-corrected chi connectivity index (χ4v) is 6.34. The van der Waals surface area contributed by atoms with Crippen molar-refractivity contribution in [2.75, 3.05) is 0 Å². The molecule has 1 aliphatic rings. The van der Waals surface area contributed by atoms with Gasteiger partial charge in [-0.15, -0.1) is 21.5 Å². The zero-order chi connectivity index (χ0) is 20.8. The number of nitrogens with zero attached hydrogens (tertiary/aromatic N) is 5. The van der Waals surface area contributed by atoms with E-state index in [0.717, 1.165) is 46.6 Å². The number of rotatable bonds is 5. The van der Waals surface area contributed by atoms with Crippen molar-refractivity contribution in [2.24, 2.45) is 0 Å². The summed E-state index contributed by atoms with van der Waals surface area (Å²) < 4.78 is 3.71. The van der Waals surface area contributed by atoms with Crippen molar-refractivity contribution in [2.45, 2.75) is 50.1 Å². The molecule has 0 radical (unpaired) electrons. The Kier molecular flexibility index (Phi) is 4.82. The van der Waals surface area contributed by atoms with E-state index in [1.165, 1.54) is 34.3 Å².